The second-order valence-corrected chi connectivity index (χ2v) is 6.71. The van der Waals surface area contributed by atoms with Crippen LogP contribution in [0.15, 0.2) is 0 Å². The van der Waals surface area contributed by atoms with E-state index in [9.17, 15) is 0 Å². The van der Waals surface area contributed by atoms with E-state index >= 15 is 0 Å². The molecule has 5 nitrogen and oxygen atoms in total. The van der Waals surface area contributed by atoms with Gasteiger partial charge in [-0.25, -0.2) is 0 Å². The smallest absolute Gasteiger partial charge is 0.0589 e. The predicted octanol–water partition coefficient (Wildman–Crippen LogP) is 0.925. The largest absolute Gasteiger partial charge is 0.385 e. The lowest BCUT2D eigenvalue weighted by Gasteiger charge is -2.51. The summed E-state index contributed by atoms with van der Waals surface area (Å²) in [6, 6.07) is 1.42. The van der Waals surface area contributed by atoms with E-state index in [1.165, 1.54) is 25.7 Å². The average Bonchev–Trinajstić information content (AvgIpc) is 2.73. The fourth-order valence-corrected chi connectivity index (χ4v) is 4.28. The standard InChI is InChI=1S/C16H33N3O2/c1-18-14-5-6-15(18)12-16(11-14,13-17)19(8-10-21-3)7-4-9-20-2/h14-15H,4-13,17H2,1-3H3. The van der Waals surface area contributed by atoms with Crippen LogP contribution in [0.1, 0.15) is 32.1 Å². The second-order valence-electron chi connectivity index (χ2n) is 6.71. The van der Waals surface area contributed by atoms with Crippen molar-refractivity contribution in [2.45, 2.75) is 49.7 Å². The zero-order chi connectivity index (χ0) is 15.3. The van der Waals surface area contributed by atoms with Crippen LogP contribution in [0.25, 0.3) is 0 Å². The molecule has 0 aromatic heterocycles. The highest BCUT2D eigenvalue weighted by Gasteiger charge is 2.48. The van der Waals surface area contributed by atoms with E-state index in [1.54, 1.807) is 14.2 Å². The van der Waals surface area contributed by atoms with Gasteiger partial charge in [0.2, 0.25) is 0 Å². The summed E-state index contributed by atoms with van der Waals surface area (Å²) in [4.78, 5) is 5.17. The van der Waals surface area contributed by atoms with Gasteiger partial charge in [0.25, 0.3) is 0 Å². The maximum atomic E-state index is 6.28. The van der Waals surface area contributed by atoms with Gasteiger partial charge in [-0.1, -0.05) is 0 Å². The molecule has 124 valence electrons. The normalized spacial score (nSPS) is 33.0. The number of hydrogen-bond donors (Lipinski definition) is 1. The van der Waals surface area contributed by atoms with Gasteiger partial charge in [-0.15, -0.1) is 0 Å². The highest BCUT2D eigenvalue weighted by atomic mass is 16.5. The van der Waals surface area contributed by atoms with Crippen LogP contribution in [0.2, 0.25) is 0 Å². The van der Waals surface area contributed by atoms with E-state index in [0.717, 1.165) is 39.3 Å². The summed E-state index contributed by atoms with van der Waals surface area (Å²) >= 11 is 0. The molecule has 2 bridgehead atoms. The summed E-state index contributed by atoms with van der Waals surface area (Å²) in [7, 11) is 5.84. The van der Waals surface area contributed by atoms with Crippen molar-refractivity contribution in [2.24, 2.45) is 5.73 Å². The molecule has 0 aromatic rings. The summed E-state index contributed by atoms with van der Waals surface area (Å²) in [6.07, 6.45) is 6.13. The van der Waals surface area contributed by atoms with E-state index in [4.69, 9.17) is 15.2 Å². The topological polar surface area (TPSA) is 51.0 Å². The predicted molar refractivity (Wildman–Crippen MR) is 85.5 cm³/mol. The van der Waals surface area contributed by atoms with Crippen LogP contribution < -0.4 is 5.73 Å². The molecule has 0 saturated carbocycles. The molecule has 2 aliphatic rings. The molecule has 5 heteroatoms. The fraction of sp³-hybridized carbons (Fsp3) is 1.00. The van der Waals surface area contributed by atoms with Gasteiger partial charge in [0.1, 0.15) is 0 Å². The molecule has 2 saturated heterocycles. The van der Waals surface area contributed by atoms with Crippen LogP contribution in [0.5, 0.6) is 0 Å². The first-order chi connectivity index (χ1) is 10.2. The van der Waals surface area contributed by atoms with E-state index in [1.807, 2.05) is 0 Å². The third kappa shape index (κ3) is 3.77. The highest BCUT2D eigenvalue weighted by Crippen LogP contribution is 2.42. The molecule has 0 amide bonds. The average molecular weight is 299 g/mol. The number of ether oxygens (including phenoxy) is 2. The van der Waals surface area contributed by atoms with Crippen molar-refractivity contribution in [1.82, 2.24) is 9.80 Å². The van der Waals surface area contributed by atoms with Crippen LogP contribution in [0, 0.1) is 0 Å². The van der Waals surface area contributed by atoms with Gasteiger partial charge in [-0.05, 0) is 39.2 Å². The van der Waals surface area contributed by atoms with Crippen molar-refractivity contribution in [2.75, 3.05) is 54.1 Å². The Morgan fingerprint density at radius 1 is 1.10 bits per heavy atom. The zero-order valence-electron chi connectivity index (χ0n) is 14.0. The molecule has 0 aromatic carbocycles. The van der Waals surface area contributed by atoms with Crippen molar-refractivity contribution in [3.63, 3.8) is 0 Å². The van der Waals surface area contributed by atoms with Crippen molar-refractivity contribution in [3.8, 4) is 0 Å². The third-order valence-corrected chi connectivity index (χ3v) is 5.61. The Balaban J connectivity index is 2.06. The van der Waals surface area contributed by atoms with Gasteiger partial charge >= 0.3 is 0 Å². The molecule has 0 radical (unpaired) electrons. The number of fused-ring (bicyclic) bond motifs is 2. The number of nitrogens with zero attached hydrogens (tertiary/aromatic N) is 2. The Morgan fingerprint density at radius 2 is 1.71 bits per heavy atom. The van der Waals surface area contributed by atoms with E-state index in [0.29, 0.717) is 12.1 Å². The van der Waals surface area contributed by atoms with Crippen LogP contribution in [-0.4, -0.2) is 81.5 Å². The minimum atomic E-state index is 0.157. The molecular weight excluding hydrogens is 266 g/mol. The fourth-order valence-electron chi connectivity index (χ4n) is 4.28. The first kappa shape index (κ1) is 17.2. The lowest BCUT2D eigenvalue weighted by atomic mass is 9.81. The number of rotatable bonds is 9. The summed E-state index contributed by atoms with van der Waals surface area (Å²) < 4.78 is 10.6. The molecule has 2 atom stereocenters. The molecule has 2 rings (SSSR count). The number of piperidine rings is 1. The molecule has 2 heterocycles. The first-order valence-electron chi connectivity index (χ1n) is 8.32. The molecule has 0 spiro atoms. The summed E-state index contributed by atoms with van der Waals surface area (Å²) in [5, 5.41) is 0. The molecule has 0 aliphatic carbocycles. The zero-order valence-corrected chi connectivity index (χ0v) is 14.0. The van der Waals surface area contributed by atoms with Crippen LogP contribution in [0.4, 0.5) is 0 Å². The van der Waals surface area contributed by atoms with Crippen LogP contribution >= 0.6 is 0 Å². The Kier molecular flexibility index (Phi) is 6.44. The monoisotopic (exact) mass is 299 g/mol. The van der Waals surface area contributed by atoms with Gasteiger partial charge in [-0.2, -0.15) is 0 Å². The lowest BCUT2D eigenvalue weighted by molar-refractivity contribution is -0.0141. The maximum absolute atomic E-state index is 6.28. The lowest BCUT2D eigenvalue weighted by Crippen LogP contribution is -2.62. The molecular formula is C16H33N3O2. The number of methoxy groups -OCH3 is 2. The quantitative estimate of drug-likeness (QED) is 0.642. The Bertz CT molecular complexity index is 300. The second kappa shape index (κ2) is 7.88. The van der Waals surface area contributed by atoms with Gasteiger partial charge in [-0.3, -0.25) is 4.90 Å². The first-order valence-corrected chi connectivity index (χ1v) is 8.32. The Hall–Kier alpha value is -0.200. The molecule has 2 fully saturated rings. The van der Waals surface area contributed by atoms with Crippen molar-refractivity contribution >= 4 is 0 Å². The Labute approximate surface area is 129 Å². The minimum Gasteiger partial charge on any atom is -0.385 e. The summed E-state index contributed by atoms with van der Waals surface area (Å²) in [6.45, 7) is 4.37. The van der Waals surface area contributed by atoms with Gasteiger partial charge in [0, 0.05) is 58.1 Å². The van der Waals surface area contributed by atoms with Gasteiger partial charge < -0.3 is 20.1 Å². The molecule has 2 unspecified atom stereocenters. The minimum absolute atomic E-state index is 0.157. The highest BCUT2D eigenvalue weighted by molar-refractivity contribution is 5.06. The SMILES string of the molecule is COCCCN(CCOC)C1(CN)CC2CCC(C1)N2C. The van der Waals surface area contributed by atoms with Crippen LogP contribution in [0.3, 0.4) is 0 Å². The third-order valence-electron chi connectivity index (χ3n) is 5.61. The van der Waals surface area contributed by atoms with Gasteiger partial charge in [0.15, 0.2) is 0 Å². The van der Waals surface area contributed by atoms with Crippen LogP contribution in [-0.2, 0) is 9.47 Å². The van der Waals surface area contributed by atoms with Crippen molar-refractivity contribution < 1.29 is 9.47 Å². The summed E-state index contributed by atoms with van der Waals surface area (Å²) in [5.74, 6) is 0. The number of nitrogens with two attached hydrogens (primary N) is 1. The van der Waals surface area contributed by atoms with Gasteiger partial charge in [0.05, 0.1) is 6.61 Å². The van der Waals surface area contributed by atoms with Crippen molar-refractivity contribution in [3.05, 3.63) is 0 Å². The molecule has 2 N–H and O–H groups in total. The molecule has 21 heavy (non-hydrogen) atoms. The maximum Gasteiger partial charge on any atom is 0.0589 e. The van der Waals surface area contributed by atoms with E-state index < -0.39 is 0 Å². The summed E-state index contributed by atoms with van der Waals surface area (Å²) in [5.41, 5.74) is 6.44. The number of hydrogen-bond acceptors (Lipinski definition) is 5. The Morgan fingerprint density at radius 3 is 2.24 bits per heavy atom. The van der Waals surface area contributed by atoms with Crippen molar-refractivity contribution in [1.29, 1.82) is 0 Å². The molecule has 2 aliphatic heterocycles. The van der Waals surface area contributed by atoms with E-state index in [-0.39, 0.29) is 5.54 Å². The van der Waals surface area contributed by atoms with E-state index in [2.05, 4.69) is 16.8 Å².